The van der Waals surface area contributed by atoms with E-state index in [0.717, 1.165) is 36.4 Å². The summed E-state index contributed by atoms with van der Waals surface area (Å²) in [5, 5.41) is 2.65. The van der Waals surface area contributed by atoms with Crippen molar-refractivity contribution >= 4 is 11.6 Å². The highest BCUT2D eigenvalue weighted by Gasteiger charge is 2.30. The van der Waals surface area contributed by atoms with Crippen molar-refractivity contribution in [2.45, 2.75) is 18.9 Å². The first-order valence-electron chi connectivity index (χ1n) is 8.62. The zero-order valence-electron chi connectivity index (χ0n) is 15.0. The first kappa shape index (κ1) is 18.2. The van der Waals surface area contributed by atoms with Crippen molar-refractivity contribution in [2.24, 2.45) is 0 Å². The third-order valence-corrected chi connectivity index (χ3v) is 4.65. The second kappa shape index (κ2) is 8.19. The monoisotopic (exact) mass is 358 g/mol. The quantitative estimate of drug-likeness (QED) is 0.857. The van der Waals surface area contributed by atoms with Gasteiger partial charge in [-0.25, -0.2) is 4.39 Å². The summed E-state index contributed by atoms with van der Waals surface area (Å²) in [6, 6.07) is 11.9. The van der Waals surface area contributed by atoms with Gasteiger partial charge in [-0.3, -0.25) is 9.69 Å². The molecule has 1 amide bonds. The number of nitrogens with one attached hydrogen (secondary N) is 1. The Hall–Kier alpha value is -2.60. The van der Waals surface area contributed by atoms with Gasteiger partial charge in [-0.2, -0.15) is 0 Å². The molecule has 2 aromatic carbocycles. The molecule has 1 N–H and O–H groups in total. The Morgan fingerprint density at radius 3 is 2.77 bits per heavy atom. The number of hydrogen-bond donors (Lipinski definition) is 1. The summed E-state index contributed by atoms with van der Waals surface area (Å²) in [6.45, 7) is 0.995. The van der Waals surface area contributed by atoms with Gasteiger partial charge in [0.05, 0.1) is 26.5 Å². The third-order valence-electron chi connectivity index (χ3n) is 4.65. The molecule has 0 radical (unpaired) electrons. The van der Waals surface area contributed by atoms with Crippen LogP contribution < -0.4 is 14.8 Å². The molecule has 0 saturated carbocycles. The molecule has 2 aromatic rings. The molecule has 6 heteroatoms. The molecular weight excluding hydrogens is 335 g/mol. The number of methoxy groups -OCH3 is 2. The SMILES string of the molecule is COc1ccc(OC)c(C2CCCN2CC(=O)Nc2ccccc2F)c1. The van der Waals surface area contributed by atoms with Crippen molar-refractivity contribution in [2.75, 3.05) is 32.6 Å². The lowest BCUT2D eigenvalue weighted by Gasteiger charge is -2.26. The van der Waals surface area contributed by atoms with Gasteiger partial charge in [-0.1, -0.05) is 12.1 Å². The van der Waals surface area contributed by atoms with Crippen LogP contribution in [0.15, 0.2) is 42.5 Å². The van der Waals surface area contributed by atoms with Crippen LogP contribution in [0, 0.1) is 5.82 Å². The van der Waals surface area contributed by atoms with Crippen LogP contribution in [0.3, 0.4) is 0 Å². The third kappa shape index (κ3) is 3.96. The first-order chi connectivity index (χ1) is 12.6. The van der Waals surface area contributed by atoms with E-state index in [-0.39, 0.29) is 24.2 Å². The second-order valence-electron chi connectivity index (χ2n) is 6.26. The van der Waals surface area contributed by atoms with Crippen molar-refractivity contribution in [1.29, 1.82) is 0 Å². The maximum atomic E-state index is 13.7. The fraction of sp³-hybridized carbons (Fsp3) is 0.350. The Bertz CT molecular complexity index is 781. The van der Waals surface area contributed by atoms with Gasteiger partial charge in [0.15, 0.2) is 0 Å². The van der Waals surface area contributed by atoms with Crippen LogP contribution in [-0.2, 0) is 4.79 Å². The number of benzene rings is 2. The summed E-state index contributed by atoms with van der Waals surface area (Å²) >= 11 is 0. The normalized spacial score (nSPS) is 17.1. The summed E-state index contributed by atoms with van der Waals surface area (Å²) < 4.78 is 24.5. The molecule has 138 valence electrons. The highest BCUT2D eigenvalue weighted by atomic mass is 19.1. The van der Waals surface area contributed by atoms with Gasteiger partial charge in [0.2, 0.25) is 5.91 Å². The minimum absolute atomic E-state index is 0.0615. The number of anilines is 1. The van der Waals surface area contributed by atoms with Crippen molar-refractivity contribution in [3.8, 4) is 11.5 Å². The van der Waals surface area contributed by atoms with Crippen LogP contribution in [0.2, 0.25) is 0 Å². The van der Waals surface area contributed by atoms with Gasteiger partial charge in [-0.15, -0.1) is 0 Å². The van der Waals surface area contributed by atoms with Crippen LogP contribution in [0.1, 0.15) is 24.4 Å². The van der Waals surface area contributed by atoms with E-state index in [1.165, 1.54) is 6.07 Å². The number of carbonyl (C=O) groups is 1. The van der Waals surface area contributed by atoms with E-state index in [2.05, 4.69) is 10.2 Å². The van der Waals surface area contributed by atoms with Gasteiger partial charge in [0.1, 0.15) is 17.3 Å². The minimum Gasteiger partial charge on any atom is -0.497 e. The van der Waals surface area contributed by atoms with Crippen LogP contribution in [0.25, 0.3) is 0 Å². The van der Waals surface area contributed by atoms with Gasteiger partial charge in [-0.05, 0) is 49.7 Å². The van der Waals surface area contributed by atoms with Crippen LogP contribution >= 0.6 is 0 Å². The Balaban J connectivity index is 1.74. The number of halogens is 1. The fourth-order valence-electron chi connectivity index (χ4n) is 3.40. The molecule has 1 atom stereocenters. The molecule has 5 nitrogen and oxygen atoms in total. The molecule has 1 aliphatic rings. The maximum absolute atomic E-state index is 13.7. The Labute approximate surface area is 152 Å². The van der Waals surface area contributed by atoms with Crippen LogP contribution in [0.5, 0.6) is 11.5 Å². The molecule has 1 fully saturated rings. The zero-order valence-corrected chi connectivity index (χ0v) is 15.0. The predicted molar refractivity (Wildman–Crippen MR) is 98.1 cm³/mol. The summed E-state index contributed by atoms with van der Waals surface area (Å²) in [4.78, 5) is 14.5. The highest BCUT2D eigenvalue weighted by molar-refractivity contribution is 5.92. The molecule has 0 bridgehead atoms. The van der Waals surface area contributed by atoms with Crippen molar-refractivity contribution < 1.29 is 18.7 Å². The lowest BCUT2D eigenvalue weighted by molar-refractivity contribution is -0.117. The van der Waals surface area contributed by atoms with E-state index in [4.69, 9.17) is 9.47 Å². The largest absolute Gasteiger partial charge is 0.497 e. The van der Waals surface area contributed by atoms with E-state index in [0.29, 0.717) is 0 Å². The standard InChI is InChI=1S/C20H23FN2O3/c1-25-14-9-10-19(26-2)15(12-14)18-8-5-11-23(18)13-20(24)22-17-7-4-3-6-16(17)21/h3-4,6-7,9-10,12,18H,5,8,11,13H2,1-2H3,(H,22,24). The van der Waals surface area contributed by atoms with Crippen molar-refractivity contribution in [3.63, 3.8) is 0 Å². The first-order valence-corrected chi connectivity index (χ1v) is 8.62. The summed E-state index contributed by atoms with van der Waals surface area (Å²) in [6.07, 6.45) is 1.91. The molecular formula is C20H23FN2O3. The topological polar surface area (TPSA) is 50.8 Å². The molecule has 1 heterocycles. The number of ether oxygens (including phenoxy) is 2. The van der Waals surface area contributed by atoms with E-state index >= 15 is 0 Å². The van der Waals surface area contributed by atoms with E-state index in [1.807, 2.05) is 18.2 Å². The number of nitrogens with zero attached hydrogens (tertiary/aromatic N) is 1. The van der Waals surface area contributed by atoms with Crippen LogP contribution in [0.4, 0.5) is 10.1 Å². The second-order valence-corrected chi connectivity index (χ2v) is 6.26. The molecule has 0 spiro atoms. The molecule has 1 aliphatic heterocycles. The predicted octanol–water partition coefficient (Wildman–Crippen LogP) is 3.62. The number of hydrogen-bond acceptors (Lipinski definition) is 4. The van der Waals surface area contributed by atoms with Crippen molar-refractivity contribution in [1.82, 2.24) is 4.90 Å². The highest BCUT2D eigenvalue weighted by Crippen LogP contribution is 2.38. The van der Waals surface area contributed by atoms with E-state index < -0.39 is 5.82 Å². The number of carbonyl (C=O) groups excluding carboxylic acids is 1. The maximum Gasteiger partial charge on any atom is 0.238 e. The molecule has 26 heavy (non-hydrogen) atoms. The Morgan fingerprint density at radius 1 is 1.23 bits per heavy atom. The number of likely N-dealkylation sites (tertiary alicyclic amines) is 1. The number of rotatable bonds is 6. The lowest BCUT2D eigenvalue weighted by atomic mass is 10.0. The number of para-hydroxylation sites is 1. The average Bonchev–Trinajstić information content (AvgIpc) is 3.10. The molecule has 0 aromatic heterocycles. The van der Waals surface area contributed by atoms with Crippen molar-refractivity contribution in [3.05, 3.63) is 53.8 Å². The molecule has 3 rings (SSSR count). The summed E-state index contributed by atoms with van der Waals surface area (Å²) in [5.74, 6) is 0.859. The van der Waals surface area contributed by atoms with Gasteiger partial charge in [0.25, 0.3) is 0 Å². The van der Waals surface area contributed by atoms with Gasteiger partial charge in [0, 0.05) is 11.6 Å². The van der Waals surface area contributed by atoms with Crippen LogP contribution in [-0.4, -0.2) is 38.1 Å². The number of amides is 1. The zero-order chi connectivity index (χ0) is 18.5. The molecule has 1 unspecified atom stereocenters. The summed E-state index contributed by atoms with van der Waals surface area (Å²) in [5.41, 5.74) is 1.20. The van der Waals surface area contributed by atoms with Gasteiger partial charge >= 0.3 is 0 Å². The average molecular weight is 358 g/mol. The lowest BCUT2D eigenvalue weighted by Crippen LogP contribution is -2.33. The Kier molecular flexibility index (Phi) is 5.73. The van der Waals surface area contributed by atoms with E-state index in [1.54, 1.807) is 32.4 Å². The smallest absolute Gasteiger partial charge is 0.238 e. The fourth-order valence-corrected chi connectivity index (χ4v) is 3.40. The Morgan fingerprint density at radius 2 is 2.04 bits per heavy atom. The molecule has 1 saturated heterocycles. The summed E-state index contributed by atoms with van der Waals surface area (Å²) in [7, 11) is 3.26. The minimum atomic E-state index is -0.437. The van der Waals surface area contributed by atoms with E-state index in [9.17, 15) is 9.18 Å². The molecule has 0 aliphatic carbocycles. The van der Waals surface area contributed by atoms with Gasteiger partial charge < -0.3 is 14.8 Å².